The highest BCUT2D eigenvalue weighted by atomic mass is 32.2. The zero-order chi connectivity index (χ0) is 19.9. The van der Waals surface area contributed by atoms with Gasteiger partial charge in [-0.05, 0) is 67.6 Å². The smallest absolute Gasteiger partial charge is 0.255 e. The van der Waals surface area contributed by atoms with Crippen LogP contribution >= 0.6 is 0 Å². The first-order valence-corrected chi connectivity index (χ1v) is 10.6. The number of aromatic amines is 1. The number of rotatable bonds is 4. The van der Waals surface area contributed by atoms with Crippen LogP contribution in [0.2, 0.25) is 0 Å². The molecule has 0 radical (unpaired) electrons. The molecule has 0 saturated heterocycles. The highest BCUT2D eigenvalue weighted by Gasteiger charge is 2.18. The minimum absolute atomic E-state index is 0.0984. The molecule has 1 aromatic heterocycles. The number of benzene rings is 2. The normalized spacial score (nSPS) is 13.9. The average Bonchev–Trinajstić information content (AvgIpc) is 3.05. The Labute approximate surface area is 162 Å². The minimum Gasteiger partial charge on any atom is -0.495 e. The zero-order valence-corrected chi connectivity index (χ0v) is 16.2. The summed E-state index contributed by atoms with van der Waals surface area (Å²) in [6, 6.07) is 9.61. The summed E-state index contributed by atoms with van der Waals surface area (Å²) in [5.41, 5.74) is 4.29. The van der Waals surface area contributed by atoms with E-state index in [0.29, 0.717) is 11.3 Å². The summed E-state index contributed by atoms with van der Waals surface area (Å²) < 4.78 is 28.5. The average molecular weight is 399 g/mol. The first kappa shape index (κ1) is 18.5. The number of nitrogens with one attached hydrogen (secondary N) is 2. The van der Waals surface area contributed by atoms with Crippen LogP contribution in [0.5, 0.6) is 5.75 Å². The molecule has 0 spiro atoms. The van der Waals surface area contributed by atoms with E-state index in [4.69, 9.17) is 9.88 Å². The highest BCUT2D eigenvalue weighted by Crippen LogP contribution is 2.31. The second-order valence-corrected chi connectivity index (χ2v) is 8.47. The Bertz CT molecular complexity index is 1180. The van der Waals surface area contributed by atoms with Gasteiger partial charge in [-0.25, -0.2) is 13.6 Å². The van der Waals surface area contributed by atoms with Gasteiger partial charge in [0, 0.05) is 22.2 Å². The van der Waals surface area contributed by atoms with Crippen molar-refractivity contribution in [2.24, 2.45) is 5.14 Å². The predicted octanol–water partition coefficient (Wildman–Crippen LogP) is 2.96. The van der Waals surface area contributed by atoms with Crippen molar-refractivity contribution in [3.8, 4) is 5.75 Å². The van der Waals surface area contributed by atoms with Gasteiger partial charge in [0.2, 0.25) is 10.0 Å². The van der Waals surface area contributed by atoms with Crippen molar-refractivity contribution in [1.29, 1.82) is 0 Å². The summed E-state index contributed by atoms with van der Waals surface area (Å²) in [6.45, 7) is 0. The number of hydrogen-bond acceptors (Lipinski definition) is 4. The molecule has 1 amide bonds. The summed E-state index contributed by atoms with van der Waals surface area (Å²) in [7, 11) is -2.45. The standard InChI is InChI=1S/C20H21N3O4S/c1-27-19-9-7-13(28(21,25)26)11-18(19)23-20(24)12-6-8-17-15(10-12)14-4-2-3-5-16(14)22-17/h6-11,22H,2-5H2,1H3,(H,23,24)(H2,21,25,26). The lowest BCUT2D eigenvalue weighted by molar-refractivity contribution is 0.102. The van der Waals surface area contributed by atoms with Crippen LogP contribution in [0.25, 0.3) is 10.9 Å². The number of amides is 1. The second kappa shape index (κ2) is 6.96. The Hall–Kier alpha value is -2.84. The number of H-pyrrole nitrogens is 1. The zero-order valence-electron chi connectivity index (χ0n) is 15.4. The fourth-order valence-electron chi connectivity index (χ4n) is 3.70. The number of carbonyl (C=O) groups excluding carboxylic acids is 1. The Morgan fingerprint density at radius 3 is 2.68 bits per heavy atom. The molecule has 2 aromatic carbocycles. The number of fused-ring (bicyclic) bond motifs is 3. The van der Waals surface area contributed by atoms with Gasteiger partial charge in [0.1, 0.15) is 5.75 Å². The molecule has 7 nitrogen and oxygen atoms in total. The van der Waals surface area contributed by atoms with E-state index >= 15 is 0 Å². The van der Waals surface area contributed by atoms with Crippen molar-refractivity contribution in [3.05, 3.63) is 53.2 Å². The molecular formula is C20H21N3O4S. The number of sulfonamides is 1. The SMILES string of the molecule is COc1ccc(S(N)(=O)=O)cc1NC(=O)c1ccc2[nH]c3c(c2c1)CCCC3. The van der Waals surface area contributed by atoms with Gasteiger partial charge < -0.3 is 15.0 Å². The molecule has 8 heteroatoms. The number of ether oxygens (including phenoxy) is 1. The van der Waals surface area contributed by atoms with Crippen LogP contribution in [0, 0.1) is 0 Å². The largest absolute Gasteiger partial charge is 0.495 e. The van der Waals surface area contributed by atoms with Crippen LogP contribution in [0.1, 0.15) is 34.5 Å². The van der Waals surface area contributed by atoms with Gasteiger partial charge in [-0.3, -0.25) is 4.79 Å². The van der Waals surface area contributed by atoms with Crippen LogP contribution < -0.4 is 15.2 Å². The van der Waals surface area contributed by atoms with E-state index in [1.807, 2.05) is 12.1 Å². The monoisotopic (exact) mass is 399 g/mol. The van der Waals surface area contributed by atoms with E-state index in [9.17, 15) is 13.2 Å². The third-order valence-electron chi connectivity index (χ3n) is 5.11. The summed E-state index contributed by atoms with van der Waals surface area (Å²) >= 11 is 0. The van der Waals surface area contributed by atoms with E-state index in [-0.39, 0.29) is 16.5 Å². The van der Waals surface area contributed by atoms with Gasteiger partial charge in [0.15, 0.2) is 0 Å². The molecular weight excluding hydrogens is 378 g/mol. The number of anilines is 1. The number of methoxy groups -OCH3 is 1. The lowest BCUT2D eigenvalue weighted by Gasteiger charge is -2.12. The van der Waals surface area contributed by atoms with Gasteiger partial charge in [-0.15, -0.1) is 0 Å². The van der Waals surface area contributed by atoms with E-state index in [1.54, 1.807) is 6.07 Å². The maximum Gasteiger partial charge on any atom is 0.255 e. The van der Waals surface area contributed by atoms with Gasteiger partial charge in [-0.2, -0.15) is 0 Å². The summed E-state index contributed by atoms with van der Waals surface area (Å²) in [4.78, 5) is 16.2. The Morgan fingerprint density at radius 1 is 1.14 bits per heavy atom. The molecule has 0 unspecified atom stereocenters. The van der Waals surface area contributed by atoms with E-state index in [2.05, 4.69) is 10.3 Å². The first-order valence-electron chi connectivity index (χ1n) is 9.02. The van der Waals surface area contributed by atoms with Gasteiger partial charge in [0.05, 0.1) is 17.7 Å². The predicted molar refractivity (Wildman–Crippen MR) is 107 cm³/mol. The molecule has 0 aliphatic heterocycles. The minimum atomic E-state index is -3.89. The van der Waals surface area contributed by atoms with Crippen LogP contribution in [-0.4, -0.2) is 26.4 Å². The number of nitrogens with two attached hydrogens (primary N) is 1. The van der Waals surface area contributed by atoms with Crippen LogP contribution in [0.15, 0.2) is 41.3 Å². The molecule has 0 atom stereocenters. The van der Waals surface area contributed by atoms with Crippen LogP contribution in [0.3, 0.4) is 0 Å². The fourth-order valence-corrected chi connectivity index (χ4v) is 4.24. The maximum absolute atomic E-state index is 12.8. The molecule has 3 aromatic rings. The maximum atomic E-state index is 12.8. The van der Waals surface area contributed by atoms with Crippen molar-refractivity contribution in [2.75, 3.05) is 12.4 Å². The van der Waals surface area contributed by atoms with Crippen molar-refractivity contribution in [3.63, 3.8) is 0 Å². The Morgan fingerprint density at radius 2 is 1.93 bits per heavy atom. The molecule has 4 N–H and O–H groups in total. The molecule has 0 bridgehead atoms. The third-order valence-corrected chi connectivity index (χ3v) is 6.02. The fraction of sp³-hybridized carbons (Fsp3) is 0.250. The number of carbonyl (C=O) groups is 1. The molecule has 1 heterocycles. The first-order chi connectivity index (χ1) is 13.4. The van der Waals surface area contributed by atoms with E-state index < -0.39 is 10.0 Å². The lowest BCUT2D eigenvalue weighted by atomic mass is 9.95. The molecule has 1 aliphatic carbocycles. The number of aryl methyl sites for hydroxylation is 2. The van der Waals surface area contributed by atoms with Crippen molar-refractivity contribution < 1.29 is 17.9 Å². The number of primary sulfonamides is 1. The van der Waals surface area contributed by atoms with Gasteiger partial charge in [-0.1, -0.05) is 0 Å². The quantitative estimate of drug-likeness (QED) is 0.626. The highest BCUT2D eigenvalue weighted by molar-refractivity contribution is 7.89. The Balaban J connectivity index is 1.69. The van der Waals surface area contributed by atoms with E-state index in [1.165, 1.54) is 43.0 Å². The summed E-state index contributed by atoms with van der Waals surface area (Å²) in [6.07, 6.45) is 4.36. The summed E-state index contributed by atoms with van der Waals surface area (Å²) in [5, 5.41) is 8.99. The second-order valence-electron chi connectivity index (χ2n) is 6.91. The van der Waals surface area contributed by atoms with Crippen LogP contribution in [-0.2, 0) is 22.9 Å². The van der Waals surface area contributed by atoms with Gasteiger partial charge >= 0.3 is 0 Å². The van der Waals surface area contributed by atoms with Gasteiger partial charge in [0.25, 0.3) is 5.91 Å². The molecule has 0 fully saturated rings. The number of aromatic nitrogens is 1. The van der Waals surface area contributed by atoms with Crippen LogP contribution in [0.4, 0.5) is 5.69 Å². The van der Waals surface area contributed by atoms with Crippen molar-refractivity contribution in [1.82, 2.24) is 4.98 Å². The molecule has 1 aliphatic rings. The van der Waals surface area contributed by atoms with Crippen molar-refractivity contribution >= 4 is 32.5 Å². The molecule has 0 saturated carbocycles. The van der Waals surface area contributed by atoms with Crippen molar-refractivity contribution in [2.45, 2.75) is 30.6 Å². The molecule has 4 rings (SSSR count). The third kappa shape index (κ3) is 3.36. The van der Waals surface area contributed by atoms with E-state index in [0.717, 1.165) is 30.2 Å². The Kier molecular flexibility index (Phi) is 4.60. The molecule has 28 heavy (non-hydrogen) atoms. The lowest BCUT2D eigenvalue weighted by Crippen LogP contribution is -2.15. The number of hydrogen-bond donors (Lipinski definition) is 3. The molecule has 146 valence electrons. The summed E-state index contributed by atoms with van der Waals surface area (Å²) in [5.74, 6) is -0.00150. The topological polar surface area (TPSA) is 114 Å².